The maximum Gasteiger partial charge on any atom is 0.0514 e. The number of halogens is 1. The molecule has 2 N–H and O–H groups in total. The molecular formula is C14H21BrN2. The van der Waals surface area contributed by atoms with Gasteiger partial charge in [0.15, 0.2) is 0 Å². The predicted octanol–water partition coefficient (Wildman–Crippen LogP) is 3.82. The van der Waals surface area contributed by atoms with Crippen LogP contribution in [0, 0.1) is 18.8 Å². The fourth-order valence-corrected chi connectivity index (χ4v) is 3.09. The molecule has 1 atom stereocenters. The van der Waals surface area contributed by atoms with E-state index in [2.05, 4.69) is 47.7 Å². The van der Waals surface area contributed by atoms with Crippen LogP contribution in [-0.4, -0.2) is 13.1 Å². The van der Waals surface area contributed by atoms with Gasteiger partial charge in [0.1, 0.15) is 0 Å². The molecule has 3 heteroatoms. The van der Waals surface area contributed by atoms with Crippen molar-refractivity contribution in [2.24, 2.45) is 11.8 Å². The van der Waals surface area contributed by atoms with Gasteiger partial charge in [-0.15, -0.1) is 0 Å². The quantitative estimate of drug-likeness (QED) is 0.841. The number of hydrogen-bond donors (Lipinski definition) is 1. The van der Waals surface area contributed by atoms with Crippen LogP contribution >= 0.6 is 15.9 Å². The summed E-state index contributed by atoms with van der Waals surface area (Å²) in [6.07, 6.45) is 1.30. The molecule has 17 heavy (non-hydrogen) atoms. The van der Waals surface area contributed by atoms with Gasteiger partial charge in [-0.1, -0.05) is 13.8 Å². The number of anilines is 2. The van der Waals surface area contributed by atoms with Crippen molar-refractivity contribution < 1.29 is 0 Å². The molecule has 1 aromatic carbocycles. The van der Waals surface area contributed by atoms with Crippen LogP contribution in [0.3, 0.4) is 0 Å². The van der Waals surface area contributed by atoms with Crippen LogP contribution in [0.25, 0.3) is 0 Å². The summed E-state index contributed by atoms with van der Waals surface area (Å²) in [6.45, 7) is 9.03. The fourth-order valence-electron chi connectivity index (χ4n) is 2.47. The zero-order valence-corrected chi connectivity index (χ0v) is 12.4. The van der Waals surface area contributed by atoms with Crippen LogP contribution in [-0.2, 0) is 0 Å². The second kappa shape index (κ2) is 4.89. The normalized spacial score (nSPS) is 20.3. The van der Waals surface area contributed by atoms with Gasteiger partial charge in [0.2, 0.25) is 0 Å². The van der Waals surface area contributed by atoms with E-state index in [-0.39, 0.29) is 0 Å². The van der Waals surface area contributed by atoms with E-state index in [4.69, 9.17) is 5.73 Å². The predicted molar refractivity (Wildman–Crippen MR) is 78.4 cm³/mol. The Kier molecular flexibility index (Phi) is 3.67. The molecule has 2 rings (SSSR count). The minimum Gasteiger partial charge on any atom is -0.398 e. The summed E-state index contributed by atoms with van der Waals surface area (Å²) in [5.41, 5.74) is 9.23. The molecule has 0 radical (unpaired) electrons. The van der Waals surface area contributed by atoms with E-state index >= 15 is 0 Å². The summed E-state index contributed by atoms with van der Waals surface area (Å²) < 4.78 is 1.12. The first-order valence-electron chi connectivity index (χ1n) is 6.29. The maximum absolute atomic E-state index is 5.92. The number of benzene rings is 1. The first-order chi connectivity index (χ1) is 7.99. The molecule has 0 saturated carbocycles. The second-order valence-corrected chi connectivity index (χ2v) is 6.25. The SMILES string of the molecule is Cc1cc(N2CCC(C(C)C)C2)c(Br)cc1N. The third kappa shape index (κ3) is 2.59. The van der Waals surface area contributed by atoms with Crippen LogP contribution in [0.5, 0.6) is 0 Å². The molecule has 0 aliphatic carbocycles. The first kappa shape index (κ1) is 12.7. The number of hydrogen-bond acceptors (Lipinski definition) is 2. The number of rotatable bonds is 2. The van der Waals surface area contributed by atoms with Crippen molar-refractivity contribution in [1.29, 1.82) is 0 Å². The molecule has 94 valence electrons. The maximum atomic E-state index is 5.92. The number of nitrogen functional groups attached to an aromatic ring is 1. The highest BCUT2D eigenvalue weighted by atomic mass is 79.9. The first-order valence-corrected chi connectivity index (χ1v) is 7.09. The van der Waals surface area contributed by atoms with Gasteiger partial charge >= 0.3 is 0 Å². The lowest BCUT2D eigenvalue weighted by Crippen LogP contribution is -2.21. The van der Waals surface area contributed by atoms with Crippen molar-refractivity contribution in [2.75, 3.05) is 23.7 Å². The zero-order valence-electron chi connectivity index (χ0n) is 10.8. The van der Waals surface area contributed by atoms with E-state index in [1.807, 2.05) is 6.07 Å². The molecular weight excluding hydrogens is 276 g/mol. The summed E-state index contributed by atoms with van der Waals surface area (Å²) in [7, 11) is 0. The summed E-state index contributed by atoms with van der Waals surface area (Å²) in [4.78, 5) is 2.47. The lowest BCUT2D eigenvalue weighted by atomic mass is 9.95. The van der Waals surface area contributed by atoms with Gasteiger partial charge in [-0.2, -0.15) is 0 Å². The molecule has 1 aliphatic heterocycles. The molecule has 1 saturated heterocycles. The van der Waals surface area contributed by atoms with Crippen LogP contribution in [0.2, 0.25) is 0 Å². The van der Waals surface area contributed by atoms with Crippen molar-refractivity contribution in [2.45, 2.75) is 27.2 Å². The lowest BCUT2D eigenvalue weighted by molar-refractivity contribution is 0.423. The van der Waals surface area contributed by atoms with E-state index in [1.54, 1.807) is 0 Å². The Morgan fingerprint density at radius 1 is 1.41 bits per heavy atom. The molecule has 1 heterocycles. The van der Waals surface area contributed by atoms with Crippen molar-refractivity contribution in [3.05, 3.63) is 22.2 Å². The van der Waals surface area contributed by atoms with Gasteiger partial charge < -0.3 is 10.6 Å². The number of nitrogens with zero attached hydrogens (tertiary/aromatic N) is 1. The molecule has 1 fully saturated rings. The van der Waals surface area contributed by atoms with Crippen LogP contribution < -0.4 is 10.6 Å². The van der Waals surface area contributed by atoms with Crippen LogP contribution in [0.1, 0.15) is 25.8 Å². The highest BCUT2D eigenvalue weighted by molar-refractivity contribution is 9.10. The molecule has 0 amide bonds. The van der Waals surface area contributed by atoms with E-state index in [1.165, 1.54) is 18.7 Å². The van der Waals surface area contributed by atoms with Gasteiger partial charge in [-0.05, 0) is 58.8 Å². The van der Waals surface area contributed by atoms with E-state index in [0.29, 0.717) is 0 Å². The van der Waals surface area contributed by atoms with Gasteiger partial charge in [-0.3, -0.25) is 0 Å². The Morgan fingerprint density at radius 2 is 2.12 bits per heavy atom. The summed E-state index contributed by atoms with van der Waals surface area (Å²) in [5.74, 6) is 1.59. The van der Waals surface area contributed by atoms with Crippen molar-refractivity contribution in [3.8, 4) is 0 Å². The van der Waals surface area contributed by atoms with Gasteiger partial charge in [0, 0.05) is 23.2 Å². The monoisotopic (exact) mass is 296 g/mol. The molecule has 0 aromatic heterocycles. The minimum absolute atomic E-state index is 0.772. The molecule has 1 aromatic rings. The van der Waals surface area contributed by atoms with Crippen LogP contribution in [0.15, 0.2) is 16.6 Å². The minimum atomic E-state index is 0.772. The Balaban J connectivity index is 2.22. The molecule has 2 nitrogen and oxygen atoms in total. The van der Waals surface area contributed by atoms with Gasteiger partial charge in [0.05, 0.1) is 5.69 Å². The lowest BCUT2D eigenvalue weighted by Gasteiger charge is -2.22. The smallest absolute Gasteiger partial charge is 0.0514 e. The van der Waals surface area contributed by atoms with Gasteiger partial charge in [0.25, 0.3) is 0 Å². The average Bonchev–Trinajstić information content (AvgIpc) is 2.72. The van der Waals surface area contributed by atoms with Crippen LogP contribution in [0.4, 0.5) is 11.4 Å². The Bertz CT molecular complexity index is 415. The molecule has 0 spiro atoms. The Hall–Kier alpha value is -0.700. The van der Waals surface area contributed by atoms with E-state index in [0.717, 1.165) is 34.1 Å². The van der Waals surface area contributed by atoms with E-state index in [9.17, 15) is 0 Å². The van der Waals surface area contributed by atoms with Crippen molar-refractivity contribution >= 4 is 27.3 Å². The summed E-state index contributed by atoms with van der Waals surface area (Å²) >= 11 is 3.63. The van der Waals surface area contributed by atoms with E-state index < -0.39 is 0 Å². The highest BCUT2D eigenvalue weighted by Crippen LogP contribution is 2.35. The standard InChI is InChI=1S/C14H21BrN2/c1-9(2)11-4-5-17(8-11)14-6-10(3)13(16)7-12(14)15/h6-7,9,11H,4-5,8,16H2,1-3H3. The number of nitrogens with two attached hydrogens (primary N) is 1. The second-order valence-electron chi connectivity index (χ2n) is 5.40. The molecule has 1 aliphatic rings. The average molecular weight is 297 g/mol. The highest BCUT2D eigenvalue weighted by Gasteiger charge is 2.26. The summed E-state index contributed by atoms with van der Waals surface area (Å²) in [6, 6.07) is 4.22. The van der Waals surface area contributed by atoms with Crippen molar-refractivity contribution in [3.63, 3.8) is 0 Å². The zero-order chi connectivity index (χ0) is 12.6. The number of aryl methyl sites for hydroxylation is 1. The third-order valence-corrected chi connectivity index (χ3v) is 4.48. The third-order valence-electron chi connectivity index (χ3n) is 3.84. The van der Waals surface area contributed by atoms with Crippen molar-refractivity contribution in [1.82, 2.24) is 0 Å². The topological polar surface area (TPSA) is 29.3 Å². The Labute approximate surface area is 112 Å². The fraction of sp³-hybridized carbons (Fsp3) is 0.571. The van der Waals surface area contributed by atoms with Gasteiger partial charge in [-0.25, -0.2) is 0 Å². The molecule has 1 unspecified atom stereocenters. The summed E-state index contributed by atoms with van der Waals surface area (Å²) in [5, 5.41) is 0. The largest absolute Gasteiger partial charge is 0.398 e. The molecule has 0 bridgehead atoms. The Morgan fingerprint density at radius 3 is 2.71 bits per heavy atom.